The van der Waals surface area contributed by atoms with Crippen molar-refractivity contribution in [3.05, 3.63) is 54.4 Å². The van der Waals surface area contributed by atoms with Crippen LogP contribution >= 0.6 is 0 Å². The molecule has 1 aromatic carbocycles. The summed E-state index contributed by atoms with van der Waals surface area (Å²) < 4.78 is 0. The number of benzene rings is 1. The zero-order chi connectivity index (χ0) is 16.1. The lowest BCUT2D eigenvalue weighted by Gasteiger charge is -2.32. The fourth-order valence-electron chi connectivity index (χ4n) is 2.47. The third-order valence-electron chi connectivity index (χ3n) is 3.80. The van der Waals surface area contributed by atoms with Gasteiger partial charge in [-0.3, -0.25) is 9.59 Å². The van der Waals surface area contributed by atoms with Crippen molar-refractivity contribution in [1.82, 2.24) is 14.8 Å². The van der Waals surface area contributed by atoms with Gasteiger partial charge in [0.25, 0.3) is 5.91 Å². The smallest absolute Gasteiger partial charge is 0.272 e. The quantitative estimate of drug-likeness (QED) is 0.874. The van der Waals surface area contributed by atoms with Gasteiger partial charge < -0.3 is 15.1 Å². The summed E-state index contributed by atoms with van der Waals surface area (Å²) in [6.07, 6.45) is 2.48. The van der Waals surface area contributed by atoms with Crippen molar-refractivity contribution < 1.29 is 9.59 Å². The first-order valence-electron chi connectivity index (χ1n) is 7.53. The molecule has 0 aliphatic carbocycles. The summed E-state index contributed by atoms with van der Waals surface area (Å²) in [6.45, 7) is 2.23. The molecule has 0 radical (unpaired) electrons. The molecule has 2 aromatic rings. The van der Waals surface area contributed by atoms with Crippen LogP contribution in [0.1, 0.15) is 10.5 Å². The summed E-state index contributed by atoms with van der Waals surface area (Å²) in [7, 11) is 0. The molecule has 0 unspecified atom stereocenters. The summed E-state index contributed by atoms with van der Waals surface area (Å²) in [4.78, 5) is 30.7. The van der Waals surface area contributed by atoms with Gasteiger partial charge in [0.1, 0.15) is 5.69 Å². The largest absolute Gasteiger partial charge is 0.354 e. The number of para-hydroxylation sites is 1. The predicted molar refractivity (Wildman–Crippen MR) is 87.5 cm³/mol. The van der Waals surface area contributed by atoms with Gasteiger partial charge in [-0.25, -0.2) is 4.98 Å². The number of nitrogens with one attached hydrogen (secondary N) is 1. The third-order valence-corrected chi connectivity index (χ3v) is 3.80. The molecular formula is C17H18N4O2. The van der Waals surface area contributed by atoms with Crippen LogP contribution in [0.25, 0.3) is 0 Å². The van der Waals surface area contributed by atoms with Crippen LogP contribution in [-0.4, -0.2) is 53.3 Å². The molecule has 1 aliphatic rings. The number of amides is 2. The molecule has 0 atom stereocenters. The van der Waals surface area contributed by atoms with Crippen LogP contribution in [0.3, 0.4) is 0 Å². The number of piperazine rings is 1. The highest BCUT2D eigenvalue weighted by Gasteiger charge is 2.21. The Morgan fingerprint density at radius 1 is 1.00 bits per heavy atom. The Bertz CT molecular complexity index is 665. The second kappa shape index (κ2) is 6.91. The van der Waals surface area contributed by atoms with E-state index in [1.54, 1.807) is 22.1 Å². The van der Waals surface area contributed by atoms with Crippen molar-refractivity contribution in [1.29, 1.82) is 0 Å². The van der Waals surface area contributed by atoms with E-state index < -0.39 is 0 Å². The van der Waals surface area contributed by atoms with E-state index >= 15 is 0 Å². The van der Waals surface area contributed by atoms with Gasteiger partial charge in [0, 0.05) is 31.9 Å². The molecular weight excluding hydrogens is 292 g/mol. The maximum absolute atomic E-state index is 12.4. The lowest BCUT2D eigenvalue weighted by molar-refractivity contribution is -0.119. The maximum Gasteiger partial charge on any atom is 0.272 e. The lowest BCUT2D eigenvalue weighted by Crippen LogP contribution is -2.48. The van der Waals surface area contributed by atoms with Crippen LogP contribution in [0.2, 0.25) is 0 Å². The maximum atomic E-state index is 12.4. The minimum atomic E-state index is -0.0955. The number of rotatable bonds is 4. The molecule has 1 N–H and O–H groups in total. The van der Waals surface area contributed by atoms with Crippen LogP contribution < -0.4 is 5.32 Å². The second-order valence-electron chi connectivity index (χ2n) is 5.36. The zero-order valence-electron chi connectivity index (χ0n) is 12.7. The van der Waals surface area contributed by atoms with Crippen LogP contribution in [0.5, 0.6) is 0 Å². The summed E-state index contributed by atoms with van der Waals surface area (Å²) in [6, 6.07) is 13.3. The first kappa shape index (κ1) is 15.0. The van der Waals surface area contributed by atoms with Crippen LogP contribution in [0.4, 0.5) is 11.4 Å². The summed E-state index contributed by atoms with van der Waals surface area (Å²) in [5.74, 6) is -0.0955. The number of carbonyl (C=O) groups excluding carboxylic acids is 2. The number of hydrogen-bond donors (Lipinski definition) is 1. The third kappa shape index (κ3) is 3.66. The summed E-state index contributed by atoms with van der Waals surface area (Å²) in [5.41, 5.74) is 2.22. The van der Waals surface area contributed by atoms with E-state index in [9.17, 15) is 9.59 Å². The Morgan fingerprint density at radius 2 is 1.74 bits per heavy atom. The molecule has 1 aliphatic heterocycles. The lowest BCUT2D eigenvalue weighted by atomic mass is 10.2. The summed E-state index contributed by atoms with van der Waals surface area (Å²) >= 11 is 0. The number of nitrogens with zero attached hydrogens (tertiary/aromatic N) is 3. The molecule has 1 aromatic heterocycles. The van der Waals surface area contributed by atoms with E-state index in [-0.39, 0.29) is 5.91 Å². The number of pyridine rings is 1. The SMILES string of the molecule is O=CN1CCN(C(=O)c2ccc(Nc3ccccc3)cn2)CC1. The van der Waals surface area contributed by atoms with E-state index in [1.807, 2.05) is 36.4 Å². The van der Waals surface area contributed by atoms with E-state index in [1.165, 1.54) is 0 Å². The first-order valence-corrected chi connectivity index (χ1v) is 7.53. The number of aromatic nitrogens is 1. The van der Waals surface area contributed by atoms with Gasteiger partial charge in [0.2, 0.25) is 6.41 Å². The fraction of sp³-hybridized carbons (Fsp3) is 0.235. The van der Waals surface area contributed by atoms with Crippen LogP contribution in [0, 0.1) is 0 Å². The second-order valence-corrected chi connectivity index (χ2v) is 5.36. The topological polar surface area (TPSA) is 65.5 Å². The van der Waals surface area contributed by atoms with E-state index in [2.05, 4.69) is 10.3 Å². The van der Waals surface area contributed by atoms with Gasteiger partial charge >= 0.3 is 0 Å². The monoisotopic (exact) mass is 310 g/mol. The molecule has 118 valence electrons. The highest BCUT2D eigenvalue weighted by molar-refractivity contribution is 5.92. The zero-order valence-corrected chi connectivity index (χ0v) is 12.7. The molecule has 6 nitrogen and oxygen atoms in total. The van der Waals surface area contributed by atoms with Gasteiger partial charge in [0.05, 0.1) is 11.9 Å². The van der Waals surface area contributed by atoms with Crippen molar-refractivity contribution >= 4 is 23.7 Å². The Kier molecular flexibility index (Phi) is 4.52. The number of hydrogen-bond acceptors (Lipinski definition) is 4. The first-order chi connectivity index (χ1) is 11.3. The molecule has 0 spiro atoms. The van der Waals surface area contributed by atoms with Crippen molar-refractivity contribution in [3.8, 4) is 0 Å². The molecule has 2 heterocycles. The van der Waals surface area contributed by atoms with Crippen molar-refractivity contribution in [2.45, 2.75) is 0 Å². The van der Waals surface area contributed by atoms with Crippen molar-refractivity contribution in [3.63, 3.8) is 0 Å². The average Bonchev–Trinajstić information content (AvgIpc) is 2.63. The van der Waals surface area contributed by atoms with Gasteiger partial charge in [0.15, 0.2) is 0 Å². The minimum absolute atomic E-state index is 0.0955. The van der Waals surface area contributed by atoms with Gasteiger partial charge in [-0.1, -0.05) is 18.2 Å². The Morgan fingerprint density at radius 3 is 2.35 bits per heavy atom. The molecule has 3 rings (SSSR count). The normalized spacial score (nSPS) is 14.4. The molecule has 1 fully saturated rings. The van der Waals surface area contributed by atoms with Gasteiger partial charge in [-0.2, -0.15) is 0 Å². The molecule has 6 heteroatoms. The summed E-state index contributed by atoms with van der Waals surface area (Å²) in [5, 5.41) is 3.23. The van der Waals surface area contributed by atoms with Gasteiger partial charge in [-0.15, -0.1) is 0 Å². The Hall–Kier alpha value is -2.89. The number of carbonyl (C=O) groups is 2. The van der Waals surface area contributed by atoms with E-state index in [4.69, 9.17) is 0 Å². The van der Waals surface area contributed by atoms with Crippen molar-refractivity contribution in [2.24, 2.45) is 0 Å². The Labute approximate surface area is 134 Å². The van der Waals surface area contributed by atoms with E-state index in [0.29, 0.717) is 31.9 Å². The molecule has 0 saturated carbocycles. The predicted octanol–water partition coefficient (Wildman–Crippen LogP) is 1.74. The molecule has 1 saturated heterocycles. The van der Waals surface area contributed by atoms with Crippen LogP contribution in [0.15, 0.2) is 48.7 Å². The molecule has 2 amide bonds. The van der Waals surface area contributed by atoms with Crippen LogP contribution in [-0.2, 0) is 4.79 Å². The fourth-order valence-corrected chi connectivity index (χ4v) is 2.47. The number of anilines is 2. The standard InChI is InChI=1S/C17H18N4O2/c22-13-20-8-10-21(11-9-20)17(23)16-7-6-15(12-18-16)19-14-4-2-1-3-5-14/h1-7,12-13,19H,8-11H2. The van der Waals surface area contributed by atoms with Crippen molar-refractivity contribution in [2.75, 3.05) is 31.5 Å². The molecule has 0 bridgehead atoms. The molecule has 23 heavy (non-hydrogen) atoms. The highest BCUT2D eigenvalue weighted by Crippen LogP contribution is 2.16. The highest BCUT2D eigenvalue weighted by atomic mass is 16.2. The van der Waals surface area contributed by atoms with Gasteiger partial charge in [-0.05, 0) is 24.3 Å². The van der Waals surface area contributed by atoms with E-state index in [0.717, 1.165) is 17.8 Å². The minimum Gasteiger partial charge on any atom is -0.354 e. The average molecular weight is 310 g/mol. The Balaban J connectivity index is 1.63.